The lowest BCUT2D eigenvalue weighted by Crippen LogP contribution is -2.47. The number of alkyl halides is 1. The Morgan fingerprint density at radius 2 is 2.17 bits per heavy atom. The molecule has 2 rings (SSSR count). The number of halogens is 1. The van der Waals surface area contributed by atoms with E-state index in [0.717, 1.165) is 0 Å². The normalized spacial score (nSPS) is 17.6. The molecule has 0 aromatic heterocycles. The van der Waals surface area contributed by atoms with Crippen LogP contribution in [0.4, 0.5) is 4.79 Å². The largest absolute Gasteiger partial charge is 0.504 e. The SMILES string of the molecule is CCOC(=O)C1=C(CBr)N(C)C(=O)N[C@H]1c1ccc(O)c(OC)c1. The molecular formula is C16H19BrN2O5. The summed E-state index contributed by atoms with van der Waals surface area (Å²) in [6, 6.07) is 3.62. The zero-order valence-corrected chi connectivity index (χ0v) is 15.2. The maximum absolute atomic E-state index is 12.5. The van der Waals surface area contributed by atoms with Crippen LogP contribution in [0.15, 0.2) is 29.5 Å². The van der Waals surface area contributed by atoms with Crippen molar-refractivity contribution in [2.45, 2.75) is 13.0 Å². The van der Waals surface area contributed by atoms with Crippen molar-refractivity contribution in [3.05, 3.63) is 35.0 Å². The summed E-state index contributed by atoms with van der Waals surface area (Å²) in [4.78, 5) is 26.1. The molecule has 1 aliphatic heterocycles. The standard InChI is InChI=1S/C16H19BrN2O5/c1-4-24-15(21)13-10(8-17)19(2)16(22)18-14(13)9-5-6-11(20)12(7-9)23-3/h5-7,14,20H,4,8H2,1-3H3,(H,18,22)/t14-/m0/s1. The molecule has 0 bridgehead atoms. The number of nitrogens with zero attached hydrogens (tertiary/aromatic N) is 1. The quantitative estimate of drug-likeness (QED) is 0.586. The summed E-state index contributed by atoms with van der Waals surface area (Å²) < 4.78 is 10.3. The fourth-order valence-corrected chi connectivity index (χ4v) is 3.17. The lowest BCUT2D eigenvalue weighted by Gasteiger charge is -2.34. The van der Waals surface area contributed by atoms with Gasteiger partial charge in [0.15, 0.2) is 11.5 Å². The first-order valence-electron chi connectivity index (χ1n) is 7.31. The Balaban J connectivity index is 2.58. The predicted molar refractivity (Wildman–Crippen MR) is 91.1 cm³/mol. The van der Waals surface area contributed by atoms with Crippen LogP contribution in [-0.2, 0) is 9.53 Å². The predicted octanol–water partition coefficient (Wildman–Crippen LogP) is 2.31. The van der Waals surface area contributed by atoms with Gasteiger partial charge in [0, 0.05) is 18.1 Å². The number of urea groups is 1. The molecule has 0 aliphatic carbocycles. The molecule has 2 N–H and O–H groups in total. The average molecular weight is 399 g/mol. The highest BCUT2D eigenvalue weighted by molar-refractivity contribution is 9.09. The van der Waals surface area contributed by atoms with Gasteiger partial charge in [0.1, 0.15) is 0 Å². The second-order valence-electron chi connectivity index (χ2n) is 5.09. The zero-order chi connectivity index (χ0) is 17.9. The minimum Gasteiger partial charge on any atom is -0.504 e. The maximum Gasteiger partial charge on any atom is 0.338 e. The Kier molecular flexibility index (Phi) is 5.71. The Bertz CT molecular complexity index is 689. The molecule has 0 saturated carbocycles. The van der Waals surface area contributed by atoms with E-state index in [9.17, 15) is 14.7 Å². The molecule has 7 nitrogen and oxygen atoms in total. The summed E-state index contributed by atoms with van der Waals surface area (Å²) in [6.07, 6.45) is 0. The fraction of sp³-hybridized carbons (Fsp3) is 0.375. The van der Waals surface area contributed by atoms with Crippen LogP contribution in [0.5, 0.6) is 11.5 Å². The van der Waals surface area contributed by atoms with Crippen molar-refractivity contribution >= 4 is 27.9 Å². The molecule has 130 valence electrons. The Morgan fingerprint density at radius 1 is 1.46 bits per heavy atom. The van der Waals surface area contributed by atoms with Crippen molar-refractivity contribution in [3.8, 4) is 11.5 Å². The van der Waals surface area contributed by atoms with Gasteiger partial charge < -0.3 is 19.9 Å². The van der Waals surface area contributed by atoms with Crippen molar-refractivity contribution in [3.63, 3.8) is 0 Å². The first-order valence-corrected chi connectivity index (χ1v) is 8.43. The Labute approximate surface area is 148 Å². The third kappa shape index (κ3) is 3.33. The number of carbonyl (C=O) groups excluding carboxylic acids is 2. The van der Waals surface area contributed by atoms with Crippen LogP contribution in [0.3, 0.4) is 0 Å². The van der Waals surface area contributed by atoms with E-state index in [1.54, 1.807) is 26.1 Å². The molecule has 1 atom stereocenters. The molecule has 0 radical (unpaired) electrons. The van der Waals surface area contributed by atoms with E-state index in [0.29, 0.717) is 22.2 Å². The number of esters is 1. The summed E-state index contributed by atoms with van der Waals surface area (Å²) in [5.41, 5.74) is 1.46. The van der Waals surface area contributed by atoms with E-state index in [2.05, 4.69) is 21.2 Å². The summed E-state index contributed by atoms with van der Waals surface area (Å²) in [6.45, 7) is 1.94. The molecule has 0 fully saturated rings. The van der Waals surface area contributed by atoms with Gasteiger partial charge in [-0.3, -0.25) is 4.90 Å². The van der Waals surface area contributed by atoms with Crippen LogP contribution in [0.1, 0.15) is 18.5 Å². The van der Waals surface area contributed by atoms with E-state index in [4.69, 9.17) is 9.47 Å². The summed E-state index contributed by atoms with van der Waals surface area (Å²) in [5, 5.41) is 12.8. The highest BCUT2D eigenvalue weighted by atomic mass is 79.9. The molecule has 2 amide bonds. The van der Waals surface area contributed by atoms with E-state index in [1.807, 2.05) is 0 Å². The molecule has 0 saturated heterocycles. The fourth-order valence-electron chi connectivity index (χ4n) is 2.49. The van der Waals surface area contributed by atoms with Crippen LogP contribution in [0.25, 0.3) is 0 Å². The number of allylic oxidation sites excluding steroid dienone is 1. The number of hydrogen-bond acceptors (Lipinski definition) is 5. The number of carbonyl (C=O) groups is 2. The monoisotopic (exact) mass is 398 g/mol. The van der Waals surface area contributed by atoms with Crippen LogP contribution in [-0.4, -0.2) is 48.1 Å². The Hall–Kier alpha value is -2.22. The third-order valence-corrected chi connectivity index (χ3v) is 4.27. The number of methoxy groups -OCH3 is 1. The van der Waals surface area contributed by atoms with Crippen molar-refractivity contribution in [1.29, 1.82) is 0 Å². The molecule has 0 unspecified atom stereocenters. The first-order chi connectivity index (χ1) is 11.4. The zero-order valence-electron chi connectivity index (χ0n) is 13.6. The number of nitrogens with one attached hydrogen (secondary N) is 1. The smallest absolute Gasteiger partial charge is 0.338 e. The number of phenols is 1. The molecule has 1 aromatic rings. The van der Waals surface area contributed by atoms with Crippen LogP contribution in [0, 0.1) is 0 Å². The van der Waals surface area contributed by atoms with Gasteiger partial charge in [0.25, 0.3) is 0 Å². The lowest BCUT2D eigenvalue weighted by atomic mass is 9.94. The van der Waals surface area contributed by atoms with Gasteiger partial charge in [0.05, 0.1) is 25.3 Å². The van der Waals surface area contributed by atoms with Crippen molar-refractivity contribution < 1.29 is 24.2 Å². The Morgan fingerprint density at radius 3 is 2.75 bits per heavy atom. The number of amides is 2. The molecule has 0 spiro atoms. The molecule has 1 aromatic carbocycles. The summed E-state index contributed by atoms with van der Waals surface area (Å²) >= 11 is 3.33. The summed E-state index contributed by atoms with van der Waals surface area (Å²) in [7, 11) is 3.01. The summed E-state index contributed by atoms with van der Waals surface area (Å²) in [5.74, 6) is -0.275. The maximum atomic E-state index is 12.5. The molecule has 1 aliphatic rings. The van der Waals surface area contributed by atoms with Crippen LogP contribution < -0.4 is 10.1 Å². The molecule has 24 heavy (non-hydrogen) atoms. The van der Waals surface area contributed by atoms with Gasteiger partial charge in [0.2, 0.25) is 0 Å². The first kappa shape index (κ1) is 18.1. The highest BCUT2D eigenvalue weighted by Gasteiger charge is 2.36. The van der Waals surface area contributed by atoms with E-state index in [1.165, 1.54) is 18.1 Å². The van der Waals surface area contributed by atoms with Gasteiger partial charge in [-0.15, -0.1) is 0 Å². The number of rotatable bonds is 5. The number of benzene rings is 1. The van der Waals surface area contributed by atoms with E-state index < -0.39 is 12.0 Å². The second-order valence-corrected chi connectivity index (χ2v) is 5.65. The second kappa shape index (κ2) is 7.57. The van der Waals surface area contributed by atoms with Crippen molar-refractivity contribution in [2.24, 2.45) is 0 Å². The molecular weight excluding hydrogens is 380 g/mol. The molecule has 8 heteroatoms. The van der Waals surface area contributed by atoms with Crippen LogP contribution in [0.2, 0.25) is 0 Å². The number of aromatic hydroxyl groups is 1. The number of ether oxygens (including phenoxy) is 2. The van der Waals surface area contributed by atoms with Gasteiger partial charge in [-0.1, -0.05) is 22.0 Å². The number of hydrogen-bond donors (Lipinski definition) is 2. The van der Waals surface area contributed by atoms with E-state index in [-0.39, 0.29) is 24.1 Å². The van der Waals surface area contributed by atoms with Crippen molar-refractivity contribution in [2.75, 3.05) is 26.1 Å². The highest BCUT2D eigenvalue weighted by Crippen LogP contribution is 2.35. The van der Waals surface area contributed by atoms with Gasteiger partial charge >= 0.3 is 12.0 Å². The van der Waals surface area contributed by atoms with Gasteiger partial charge in [-0.25, -0.2) is 9.59 Å². The van der Waals surface area contributed by atoms with Crippen LogP contribution >= 0.6 is 15.9 Å². The minimum atomic E-state index is -0.699. The molecule has 1 heterocycles. The number of phenolic OH excluding ortho intramolecular Hbond substituents is 1. The average Bonchev–Trinajstić information content (AvgIpc) is 2.57. The minimum absolute atomic E-state index is 0.0251. The van der Waals surface area contributed by atoms with Gasteiger partial charge in [-0.2, -0.15) is 0 Å². The van der Waals surface area contributed by atoms with Gasteiger partial charge in [-0.05, 0) is 24.6 Å². The van der Waals surface area contributed by atoms with E-state index >= 15 is 0 Å². The van der Waals surface area contributed by atoms with Crippen molar-refractivity contribution in [1.82, 2.24) is 10.2 Å². The third-order valence-electron chi connectivity index (χ3n) is 3.74. The lowest BCUT2D eigenvalue weighted by molar-refractivity contribution is -0.139. The topological polar surface area (TPSA) is 88.1 Å².